The quantitative estimate of drug-likeness (QED) is 0.538. The molecule has 7 heteroatoms. The van der Waals surface area contributed by atoms with E-state index in [0.29, 0.717) is 22.5 Å². The first kappa shape index (κ1) is 21.3. The molecule has 0 aliphatic heterocycles. The topological polar surface area (TPSA) is 60.7 Å². The number of rotatable bonds is 6. The van der Waals surface area contributed by atoms with Crippen molar-refractivity contribution in [2.75, 3.05) is 18.6 Å². The third-order valence-corrected chi connectivity index (χ3v) is 6.17. The van der Waals surface area contributed by atoms with Crippen LogP contribution in [0, 0.1) is 13.8 Å². The number of hydrogen-bond acceptors (Lipinski definition) is 5. The summed E-state index contributed by atoms with van der Waals surface area (Å²) >= 11 is 3.15. The van der Waals surface area contributed by atoms with Crippen molar-refractivity contribution in [1.82, 2.24) is 4.57 Å². The summed E-state index contributed by atoms with van der Waals surface area (Å²) in [6, 6.07) is 11.3. The molecule has 0 spiro atoms. The lowest BCUT2D eigenvalue weighted by Gasteiger charge is -2.06. The predicted molar refractivity (Wildman–Crippen MR) is 120 cm³/mol. The molecule has 0 aliphatic carbocycles. The molecule has 1 heterocycles. The first-order valence-electron chi connectivity index (χ1n) is 9.40. The number of hydrogen-bond donors (Lipinski definition) is 0. The molecule has 2 aromatic carbocycles. The lowest BCUT2D eigenvalue weighted by molar-refractivity contribution is 0.0526. The SMILES string of the molecule is CCOC(=O)c1ccc2c(c1)sc(=NC(=O)c1cc(C)ccc1C)n2CCSC. The van der Waals surface area contributed by atoms with Gasteiger partial charge in [0.2, 0.25) is 0 Å². The van der Waals surface area contributed by atoms with E-state index in [1.807, 2.05) is 50.4 Å². The molecule has 0 aliphatic rings. The molecule has 0 unspecified atom stereocenters. The van der Waals surface area contributed by atoms with Crippen molar-refractivity contribution in [3.8, 4) is 0 Å². The number of ether oxygens (including phenoxy) is 1. The molecule has 0 fully saturated rings. The zero-order valence-corrected chi connectivity index (χ0v) is 18.7. The summed E-state index contributed by atoms with van der Waals surface area (Å²) in [6.45, 7) is 6.73. The van der Waals surface area contributed by atoms with Crippen LogP contribution in [-0.2, 0) is 11.3 Å². The monoisotopic (exact) mass is 428 g/mol. The summed E-state index contributed by atoms with van der Waals surface area (Å²) in [5.41, 5.74) is 4.02. The number of carbonyl (C=O) groups is 2. The number of thioether (sulfide) groups is 1. The van der Waals surface area contributed by atoms with Gasteiger partial charge in [-0.25, -0.2) is 4.79 Å². The van der Waals surface area contributed by atoms with E-state index in [1.54, 1.807) is 24.8 Å². The van der Waals surface area contributed by atoms with Gasteiger partial charge >= 0.3 is 5.97 Å². The number of benzene rings is 2. The molecule has 3 rings (SSSR count). The van der Waals surface area contributed by atoms with Crippen LogP contribution < -0.4 is 4.80 Å². The van der Waals surface area contributed by atoms with Gasteiger partial charge in [-0.15, -0.1) is 0 Å². The minimum absolute atomic E-state index is 0.249. The second kappa shape index (κ2) is 9.41. The van der Waals surface area contributed by atoms with Gasteiger partial charge in [0.05, 0.1) is 22.4 Å². The first-order chi connectivity index (χ1) is 13.9. The van der Waals surface area contributed by atoms with Gasteiger partial charge in [-0.05, 0) is 56.9 Å². The van der Waals surface area contributed by atoms with Crippen LogP contribution in [0.4, 0.5) is 0 Å². The molecule has 5 nitrogen and oxygen atoms in total. The Kier molecular flexibility index (Phi) is 6.92. The van der Waals surface area contributed by atoms with Gasteiger partial charge in [-0.1, -0.05) is 29.0 Å². The Balaban J connectivity index is 2.11. The van der Waals surface area contributed by atoms with Gasteiger partial charge in [0.25, 0.3) is 5.91 Å². The van der Waals surface area contributed by atoms with Crippen molar-refractivity contribution < 1.29 is 14.3 Å². The van der Waals surface area contributed by atoms with Gasteiger partial charge in [-0.3, -0.25) is 4.79 Å². The van der Waals surface area contributed by atoms with Crippen molar-refractivity contribution in [2.45, 2.75) is 27.3 Å². The molecule has 0 saturated heterocycles. The fourth-order valence-corrected chi connectivity index (χ4v) is 4.47. The van der Waals surface area contributed by atoms with Crippen LogP contribution in [0.3, 0.4) is 0 Å². The molecular weight excluding hydrogens is 404 g/mol. The molecular formula is C22H24N2O3S2. The Morgan fingerprint density at radius 2 is 1.97 bits per heavy atom. The summed E-state index contributed by atoms with van der Waals surface area (Å²) in [6.07, 6.45) is 2.05. The largest absolute Gasteiger partial charge is 0.462 e. The lowest BCUT2D eigenvalue weighted by Crippen LogP contribution is -2.18. The Labute approximate surface area is 178 Å². The molecule has 0 N–H and O–H groups in total. The molecule has 0 radical (unpaired) electrons. The van der Waals surface area contributed by atoms with Gasteiger partial charge in [0.1, 0.15) is 0 Å². The number of nitrogens with zero attached hydrogens (tertiary/aromatic N) is 2. The van der Waals surface area contributed by atoms with E-state index in [2.05, 4.69) is 9.56 Å². The van der Waals surface area contributed by atoms with Crippen LogP contribution >= 0.6 is 23.1 Å². The fourth-order valence-electron chi connectivity index (χ4n) is 3.01. The van der Waals surface area contributed by atoms with Crippen LogP contribution in [0.2, 0.25) is 0 Å². The van der Waals surface area contributed by atoms with Crippen molar-refractivity contribution in [3.05, 3.63) is 63.5 Å². The first-order valence-corrected chi connectivity index (χ1v) is 11.6. The standard InChI is InChI=1S/C22H24N2O3S2/c1-5-27-21(26)16-8-9-18-19(13-16)29-22(24(18)10-11-28-4)23-20(25)17-12-14(2)6-7-15(17)3/h6-9,12-13H,5,10-11H2,1-4H3. The number of thiazole rings is 1. The van der Waals surface area contributed by atoms with Crippen LogP contribution in [0.15, 0.2) is 41.4 Å². The average molecular weight is 429 g/mol. The summed E-state index contributed by atoms with van der Waals surface area (Å²) < 4.78 is 8.06. The molecule has 0 atom stereocenters. The smallest absolute Gasteiger partial charge is 0.338 e. The molecule has 152 valence electrons. The van der Waals surface area contributed by atoms with Crippen molar-refractivity contribution in [2.24, 2.45) is 4.99 Å². The number of fused-ring (bicyclic) bond motifs is 1. The summed E-state index contributed by atoms with van der Waals surface area (Å²) in [5, 5.41) is 0. The Morgan fingerprint density at radius 1 is 1.17 bits per heavy atom. The maximum Gasteiger partial charge on any atom is 0.338 e. The zero-order valence-electron chi connectivity index (χ0n) is 17.0. The number of carbonyl (C=O) groups excluding carboxylic acids is 2. The van der Waals surface area contributed by atoms with E-state index in [1.165, 1.54) is 11.3 Å². The van der Waals surface area contributed by atoms with Crippen LogP contribution in [0.5, 0.6) is 0 Å². The minimum Gasteiger partial charge on any atom is -0.462 e. The van der Waals surface area contributed by atoms with E-state index in [0.717, 1.165) is 33.6 Å². The number of amides is 1. The Hall–Kier alpha value is -2.38. The number of aryl methyl sites for hydroxylation is 3. The highest BCUT2D eigenvalue weighted by Crippen LogP contribution is 2.21. The maximum atomic E-state index is 12.9. The lowest BCUT2D eigenvalue weighted by atomic mass is 10.1. The highest BCUT2D eigenvalue weighted by Gasteiger charge is 2.14. The average Bonchev–Trinajstić information content (AvgIpc) is 3.04. The Morgan fingerprint density at radius 3 is 2.69 bits per heavy atom. The van der Waals surface area contributed by atoms with E-state index in [-0.39, 0.29) is 11.9 Å². The molecule has 0 saturated carbocycles. The van der Waals surface area contributed by atoms with E-state index in [9.17, 15) is 9.59 Å². The van der Waals surface area contributed by atoms with Gasteiger partial charge in [0.15, 0.2) is 4.80 Å². The van der Waals surface area contributed by atoms with E-state index < -0.39 is 0 Å². The molecule has 1 aromatic heterocycles. The van der Waals surface area contributed by atoms with Crippen molar-refractivity contribution in [3.63, 3.8) is 0 Å². The fraction of sp³-hybridized carbons (Fsp3) is 0.318. The molecule has 3 aromatic rings. The van der Waals surface area contributed by atoms with Crippen molar-refractivity contribution >= 4 is 45.2 Å². The van der Waals surface area contributed by atoms with Gasteiger partial charge < -0.3 is 9.30 Å². The minimum atomic E-state index is -0.344. The third-order valence-electron chi connectivity index (χ3n) is 4.53. The molecule has 29 heavy (non-hydrogen) atoms. The second-order valence-corrected chi connectivity index (χ2v) is 8.66. The maximum absolute atomic E-state index is 12.9. The highest BCUT2D eigenvalue weighted by molar-refractivity contribution is 7.98. The van der Waals surface area contributed by atoms with E-state index in [4.69, 9.17) is 4.74 Å². The van der Waals surface area contributed by atoms with Crippen LogP contribution in [0.25, 0.3) is 10.2 Å². The normalized spacial score (nSPS) is 11.8. The molecule has 1 amide bonds. The predicted octanol–water partition coefficient (Wildman–Crippen LogP) is 4.60. The number of esters is 1. The molecule has 0 bridgehead atoms. The van der Waals surface area contributed by atoms with Gasteiger partial charge in [0, 0.05) is 17.9 Å². The van der Waals surface area contributed by atoms with Crippen molar-refractivity contribution in [1.29, 1.82) is 0 Å². The van der Waals surface area contributed by atoms with Crippen LogP contribution in [0.1, 0.15) is 38.8 Å². The summed E-state index contributed by atoms with van der Waals surface area (Å²) in [5.74, 6) is 0.306. The zero-order chi connectivity index (χ0) is 21.0. The second-order valence-electron chi connectivity index (χ2n) is 6.67. The van der Waals surface area contributed by atoms with E-state index >= 15 is 0 Å². The number of aromatic nitrogens is 1. The Bertz CT molecular complexity index is 1130. The third kappa shape index (κ3) is 4.79. The summed E-state index contributed by atoms with van der Waals surface area (Å²) in [7, 11) is 0. The highest BCUT2D eigenvalue weighted by atomic mass is 32.2. The van der Waals surface area contributed by atoms with Crippen LogP contribution in [-0.4, -0.2) is 35.1 Å². The summed E-state index contributed by atoms with van der Waals surface area (Å²) in [4.78, 5) is 30.1. The van der Waals surface area contributed by atoms with Gasteiger partial charge in [-0.2, -0.15) is 16.8 Å².